The van der Waals surface area contributed by atoms with Crippen LogP contribution in [0, 0.1) is 52.1 Å². The summed E-state index contributed by atoms with van der Waals surface area (Å²) in [5.41, 5.74) is -0.0987. The quantitative estimate of drug-likeness (QED) is 0.607. The van der Waals surface area contributed by atoms with Crippen molar-refractivity contribution in [3.05, 3.63) is 23.8 Å². The molecule has 6 rings (SSSR count). The Labute approximate surface area is 205 Å². The molecule has 0 saturated heterocycles. The number of ketones is 1. The van der Waals surface area contributed by atoms with Crippen molar-refractivity contribution < 1.29 is 18.7 Å². The molecule has 0 unspecified atom stereocenters. The average molecular weight is 486 g/mol. The molecule has 35 heavy (non-hydrogen) atoms. The molecule has 4 saturated carbocycles. The maximum Gasteiger partial charge on any atom is 0.188 e. The summed E-state index contributed by atoms with van der Waals surface area (Å²) in [6.07, 6.45) is 9.50. The van der Waals surface area contributed by atoms with Gasteiger partial charge in [-0.15, -0.1) is 5.10 Å². The first-order valence-corrected chi connectivity index (χ1v) is 13.5. The predicted molar refractivity (Wildman–Crippen MR) is 128 cm³/mol. The van der Waals surface area contributed by atoms with Crippen LogP contribution in [0.4, 0.5) is 8.78 Å². The van der Waals surface area contributed by atoms with Gasteiger partial charge in [0.25, 0.3) is 0 Å². The SMILES string of the molecule is C[C@@]1(O)CC[C@@]2(C)[C@H](CC[C@@H]3[C@@H]2CC[C@]2(C)[C@@H](C(=O)Cn4nc5ccc(F)c(F)c5n4)CC[C@@H]32)C1. The zero-order valence-corrected chi connectivity index (χ0v) is 21.1. The lowest BCUT2D eigenvalue weighted by molar-refractivity contribution is -0.151. The molecule has 1 aromatic carbocycles. The van der Waals surface area contributed by atoms with Gasteiger partial charge >= 0.3 is 0 Å². The van der Waals surface area contributed by atoms with Gasteiger partial charge in [0.15, 0.2) is 22.9 Å². The number of hydrogen-bond acceptors (Lipinski definition) is 4. The second kappa shape index (κ2) is 7.80. The summed E-state index contributed by atoms with van der Waals surface area (Å²) in [4.78, 5) is 14.8. The fourth-order valence-corrected chi connectivity index (χ4v) is 9.25. The molecule has 0 amide bonds. The summed E-state index contributed by atoms with van der Waals surface area (Å²) in [6.45, 7) is 6.82. The highest BCUT2D eigenvalue weighted by Crippen LogP contribution is 2.68. The third kappa shape index (κ3) is 3.51. The highest BCUT2D eigenvalue weighted by Gasteiger charge is 2.61. The first-order chi connectivity index (χ1) is 16.5. The van der Waals surface area contributed by atoms with Gasteiger partial charge in [-0.2, -0.15) is 9.90 Å². The number of hydrogen-bond donors (Lipinski definition) is 1. The molecule has 0 radical (unpaired) electrons. The van der Waals surface area contributed by atoms with Crippen LogP contribution >= 0.6 is 0 Å². The van der Waals surface area contributed by atoms with Crippen molar-refractivity contribution in [3.63, 3.8) is 0 Å². The number of nitrogens with zero attached hydrogens (tertiary/aromatic N) is 3. The van der Waals surface area contributed by atoms with E-state index in [1.807, 2.05) is 6.92 Å². The van der Waals surface area contributed by atoms with E-state index in [0.717, 1.165) is 51.0 Å². The fraction of sp³-hybridized carbons (Fsp3) is 0.750. The number of aromatic nitrogens is 3. The van der Waals surface area contributed by atoms with E-state index in [4.69, 9.17) is 0 Å². The molecule has 2 aromatic rings. The minimum absolute atomic E-state index is 0.00564. The normalized spacial score (nSPS) is 43.0. The van der Waals surface area contributed by atoms with Gasteiger partial charge in [-0.3, -0.25) is 4.79 Å². The minimum atomic E-state index is -1.01. The molecule has 7 heteroatoms. The van der Waals surface area contributed by atoms with Crippen molar-refractivity contribution in [3.8, 4) is 0 Å². The minimum Gasteiger partial charge on any atom is -0.390 e. The molecule has 1 aromatic heterocycles. The van der Waals surface area contributed by atoms with E-state index >= 15 is 0 Å². The predicted octanol–water partition coefficient (Wildman–Crippen LogP) is 5.69. The molecule has 0 spiro atoms. The molecule has 1 N–H and O–H groups in total. The number of aliphatic hydroxyl groups is 1. The van der Waals surface area contributed by atoms with E-state index in [2.05, 4.69) is 24.0 Å². The van der Waals surface area contributed by atoms with Gasteiger partial charge in [-0.25, -0.2) is 8.78 Å². The van der Waals surface area contributed by atoms with Gasteiger partial charge in [-0.05, 0) is 111 Å². The second-order valence-electron chi connectivity index (χ2n) is 13.0. The molecular weight excluding hydrogens is 448 g/mol. The maximum absolute atomic E-state index is 14.1. The maximum atomic E-state index is 14.1. The van der Waals surface area contributed by atoms with Crippen LogP contribution in [-0.4, -0.2) is 31.5 Å². The Morgan fingerprint density at radius 1 is 1.00 bits per heavy atom. The van der Waals surface area contributed by atoms with Crippen molar-refractivity contribution in [2.45, 2.75) is 90.7 Å². The van der Waals surface area contributed by atoms with Crippen LogP contribution in [0.15, 0.2) is 12.1 Å². The van der Waals surface area contributed by atoms with Crippen LogP contribution in [0.3, 0.4) is 0 Å². The Morgan fingerprint density at radius 2 is 1.77 bits per heavy atom. The van der Waals surface area contributed by atoms with Crippen LogP contribution < -0.4 is 0 Å². The highest BCUT2D eigenvalue weighted by molar-refractivity contribution is 5.82. The Balaban J connectivity index is 1.21. The monoisotopic (exact) mass is 485 g/mol. The number of carbonyl (C=O) groups excluding carboxylic acids is 1. The lowest BCUT2D eigenvalue weighted by Crippen LogP contribution is -2.55. The van der Waals surface area contributed by atoms with Crippen molar-refractivity contribution >= 4 is 16.8 Å². The summed E-state index contributed by atoms with van der Waals surface area (Å²) < 4.78 is 27.7. The molecule has 1 heterocycles. The summed E-state index contributed by atoms with van der Waals surface area (Å²) in [5.74, 6) is 0.584. The first kappa shape index (κ1) is 23.5. The second-order valence-corrected chi connectivity index (χ2v) is 13.0. The zero-order chi connectivity index (χ0) is 24.8. The fourth-order valence-electron chi connectivity index (χ4n) is 9.25. The van der Waals surface area contributed by atoms with E-state index in [1.165, 1.54) is 23.7 Å². The van der Waals surface area contributed by atoms with Crippen LogP contribution in [0.25, 0.3) is 11.0 Å². The molecular formula is C28H37F2N3O2. The van der Waals surface area contributed by atoms with Crippen molar-refractivity contribution in [1.29, 1.82) is 0 Å². The van der Waals surface area contributed by atoms with E-state index in [9.17, 15) is 18.7 Å². The van der Waals surface area contributed by atoms with Crippen molar-refractivity contribution in [1.82, 2.24) is 15.0 Å². The molecule has 8 atom stereocenters. The number of halogens is 2. The Kier molecular flexibility index (Phi) is 5.24. The van der Waals surface area contributed by atoms with E-state index in [-0.39, 0.29) is 34.7 Å². The Bertz CT molecular complexity index is 1180. The Hall–Kier alpha value is -1.89. The van der Waals surface area contributed by atoms with E-state index < -0.39 is 17.2 Å². The number of rotatable bonds is 3. The van der Waals surface area contributed by atoms with Crippen molar-refractivity contribution in [2.24, 2.45) is 40.4 Å². The van der Waals surface area contributed by atoms with Crippen LogP contribution in [0.5, 0.6) is 0 Å². The average Bonchev–Trinajstić information content (AvgIpc) is 3.37. The summed E-state index contributed by atoms with van der Waals surface area (Å²) in [7, 11) is 0. The summed E-state index contributed by atoms with van der Waals surface area (Å²) in [6, 6.07) is 2.44. The third-order valence-electron chi connectivity index (χ3n) is 11.1. The van der Waals surface area contributed by atoms with Crippen LogP contribution in [0.1, 0.15) is 78.6 Å². The molecule has 0 bridgehead atoms. The largest absolute Gasteiger partial charge is 0.390 e. The highest BCUT2D eigenvalue weighted by atomic mass is 19.2. The van der Waals surface area contributed by atoms with Gasteiger partial charge in [-0.1, -0.05) is 13.8 Å². The van der Waals surface area contributed by atoms with Gasteiger partial charge in [0.2, 0.25) is 0 Å². The summed E-state index contributed by atoms with van der Waals surface area (Å²) in [5, 5.41) is 19.1. The molecule has 4 fully saturated rings. The molecule has 4 aliphatic rings. The number of carbonyl (C=O) groups is 1. The zero-order valence-electron chi connectivity index (χ0n) is 21.1. The van der Waals surface area contributed by atoms with Crippen LogP contribution in [0.2, 0.25) is 0 Å². The molecule has 0 aliphatic heterocycles. The van der Waals surface area contributed by atoms with Crippen LogP contribution in [-0.2, 0) is 11.3 Å². The summed E-state index contributed by atoms with van der Waals surface area (Å²) >= 11 is 0. The van der Waals surface area contributed by atoms with E-state index in [1.54, 1.807) is 0 Å². The van der Waals surface area contributed by atoms with Gasteiger partial charge in [0, 0.05) is 5.92 Å². The molecule has 5 nitrogen and oxygen atoms in total. The number of fused-ring (bicyclic) bond motifs is 6. The molecule has 4 aliphatic carbocycles. The van der Waals surface area contributed by atoms with E-state index in [0.29, 0.717) is 29.1 Å². The third-order valence-corrected chi connectivity index (χ3v) is 11.1. The smallest absolute Gasteiger partial charge is 0.188 e. The number of benzene rings is 1. The topological polar surface area (TPSA) is 68.0 Å². The standard InChI is InChI=1S/C28H37F2N3O2/c1-26(35)12-13-27(2)16(14-26)4-5-17-18-6-7-20(28(18,3)11-10-19(17)27)23(34)15-33-31-22-9-8-21(29)24(30)25(22)32-33/h8-9,16-20,35H,4-7,10-15H2,1-3H3/t16-,17+,18+,19+,20-,26-,27+,28+/m1/s1. The molecule has 190 valence electrons. The lowest BCUT2D eigenvalue weighted by Gasteiger charge is -2.61. The van der Waals surface area contributed by atoms with Crippen molar-refractivity contribution in [2.75, 3.05) is 0 Å². The van der Waals surface area contributed by atoms with Gasteiger partial charge in [0.05, 0.1) is 5.60 Å². The van der Waals surface area contributed by atoms with Gasteiger partial charge < -0.3 is 5.11 Å². The first-order valence-electron chi connectivity index (χ1n) is 13.5. The number of Topliss-reactive ketones (excluding diaryl/α,β-unsaturated/α-hetero) is 1. The lowest BCUT2D eigenvalue weighted by atomic mass is 9.44. The Morgan fingerprint density at radius 3 is 2.57 bits per heavy atom. The van der Waals surface area contributed by atoms with Gasteiger partial charge in [0.1, 0.15) is 12.1 Å².